The molecule has 1 aromatic rings. The van der Waals surface area contributed by atoms with Gasteiger partial charge in [-0.2, -0.15) is 0 Å². The topological polar surface area (TPSA) is 47.7 Å². The van der Waals surface area contributed by atoms with Crippen molar-refractivity contribution in [1.29, 1.82) is 0 Å². The van der Waals surface area contributed by atoms with Crippen LogP contribution in [0.1, 0.15) is 30.4 Å². The van der Waals surface area contributed by atoms with Crippen molar-refractivity contribution in [2.24, 2.45) is 5.73 Å². The molecule has 0 amide bonds. The number of nitrogens with two attached hydrogens (primary N) is 1. The molecule has 0 aromatic carbocycles. The molecule has 1 saturated heterocycles. The summed E-state index contributed by atoms with van der Waals surface area (Å²) in [6, 6.07) is 2.27. The molecule has 0 bridgehead atoms. The zero-order chi connectivity index (χ0) is 13.7. The Kier molecular flexibility index (Phi) is 5.63. The van der Waals surface area contributed by atoms with E-state index >= 15 is 0 Å². The first-order valence-electron chi connectivity index (χ1n) is 7.15. The normalized spacial score (nSPS) is 22.5. The Morgan fingerprint density at radius 3 is 2.74 bits per heavy atom. The molecule has 0 spiro atoms. The number of anilines is 1. The van der Waals surface area contributed by atoms with E-state index in [4.69, 9.17) is 15.2 Å². The molecule has 3 heterocycles. The van der Waals surface area contributed by atoms with Crippen LogP contribution in [-0.4, -0.2) is 39.5 Å². The Bertz CT molecular complexity index is 389. The molecule has 2 N–H and O–H groups in total. The zero-order valence-corrected chi connectivity index (χ0v) is 12.7. The smallest absolute Gasteiger partial charge is 0.0958 e. The standard InChI is InChI=1S/C12H18N2O2S.C2H6/c13-8-10-9-7-12(14-2-5-15-6-3-14)17-11(9)1-4-16-10;1-2/h7,10H,1-6,8,13H2;1-2H3. The summed E-state index contributed by atoms with van der Waals surface area (Å²) >= 11 is 1.90. The van der Waals surface area contributed by atoms with Crippen LogP contribution in [0, 0.1) is 0 Å². The summed E-state index contributed by atoms with van der Waals surface area (Å²) in [6.45, 7) is 9.03. The number of ether oxygens (including phenoxy) is 2. The molecule has 1 unspecified atom stereocenters. The van der Waals surface area contributed by atoms with E-state index in [-0.39, 0.29) is 6.10 Å². The summed E-state index contributed by atoms with van der Waals surface area (Å²) in [7, 11) is 0. The number of morpholine rings is 1. The van der Waals surface area contributed by atoms with Crippen LogP contribution >= 0.6 is 11.3 Å². The molecule has 5 heteroatoms. The van der Waals surface area contributed by atoms with Crippen molar-refractivity contribution in [3.05, 3.63) is 16.5 Å². The molecular weight excluding hydrogens is 260 g/mol. The molecule has 0 radical (unpaired) electrons. The summed E-state index contributed by atoms with van der Waals surface area (Å²) in [5, 5.41) is 1.35. The van der Waals surface area contributed by atoms with Gasteiger partial charge in [0, 0.05) is 30.9 Å². The van der Waals surface area contributed by atoms with Crippen LogP contribution < -0.4 is 10.6 Å². The Balaban J connectivity index is 0.000000637. The lowest BCUT2D eigenvalue weighted by Crippen LogP contribution is -2.35. The summed E-state index contributed by atoms with van der Waals surface area (Å²) in [4.78, 5) is 3.85. The van der Waals surface area contributed by atoms with Crippen molar-refractivity contribution in [2.75, 3.05) is 44.4 Å². The number of hydrogen-bond donors (Lipinski definition) is 1. The van der Waals surface area contributed by atoms with Gasteiger partial charge < -0.3 is 20.1 Å². The van der Waals surface area contributed by atoms with Crippen molar-refractivity contribution in [3.63, 3.8) is 0 Å². The third-order valence-electron chi connectivity index (χ3n) is 3.36. The lowest BCUT2D eigenvalue weighted by Gasteiger charge is -2.27. The Labute approximate surface area is 119 Å². The van der Waals surface area contributed by atoms with Crippen LogP contribution in [0.2, 0.25) is 0 Å². The minimum absolute atomic E-state index is 0.102. The highest BCUT2D eigenvalue weighted by Gasteiger charge is 2.24. The minimum Gasteiger partial charge on any atom is -0.378 e. The molecule has 0 saturated carbocycles. The highest BCUT2D eigenvalue weighted by atomic mass is 32.1. The van der Waals surface area contributed by atoms with Gasteiger partial charge in [-0.1, -0.05) is 13.8 Å². The molecule has 1 fully saturated rings. The van der Waals surface area contributed by atoms with Crippen LogP contribution in [0.25, 0.3) is 0 Å². The summed E-state index contributed by atoms with van der Waals surface area (Å²) in [6.07, 6.45) is 1.13. The second kappa shape index (κ2) is 7.24. The third kappa shape index (κ3) is 3.28. The van der Waals surface area contributed by atoms with Crippen LogP contribution in [0.15, 0.2) is 6.07 Å². The maximum atomic E-state index is 5.75. The van der Waals surface area contributed by atoms with Crippen molar-refractivity contribution < 1.29 is 9.47 Å². The molecule has 3 rings (SSSR count). The predicted molar refractivity (Wildman–Crippen MR) is 80.2 cm³/mol. The van der Waals surface area contributed by atoms with E-state index in [9.17, 15) is 0 Å². The van der Waals surface area contributed by atoms with Gasteiger partial charge in [-0.3, -0.25) is 0 Å². The second-order valence-electron chi connectivity index (χ2n) is 4.41. The van der Waals surface area contributed by atoms with Gasteiger partial charge in [-0.25, -0.2) is 0 Å². The summed E-state index contributed by atoms with van der Waals surface area (Å²) < 4.78 is 11.1. The fourth-order valence-electron chi connectivity index (χ4n) is 2.41. The second-order valence-corrected chi connectivity index (χ2v) is 5.52. The van der Waals surface area contributed by atoms with Gasteiger partial charge in [0.05, 0.1) is 30.9 Å². The average molecular weight is 284 g/mol. The maximum absolute atomic E-state index is 5.75. The monoisotopic (exact) mass is 284 g/mol. The molecule has 2 aliphatic heterocycles. The van der Waals surface area contributed by atoms with Gasteiger partial charge in [-0.05, 0) is 11.6 Å². The van der Waals surface area contributed by atoms with Gasteiger partial charge in [0.15, 0.2) is 0 Å². The van der Waals surface area contributed by atoms with Gasteiger partial charge in [0.2, 0.25) is 0 Å². The molecule has 0 aliphatic carbocycles. The maximum Gasteiger partial charge on any atom is 0.0958 e. The van der Waals surface area contributed by atoms with E-state index in [2.05, 4.69) is 11.0 Å². The van der Waals surface area contributed by atoms with Crippen LogP contribution in [-0.2, 0) is 15.9 Å². The largest absolute Gasteiger partial charge is 0.378 e. The lowest BCUT2D eigenvalue weighted by atomic mass is 10.1. The molecule has 108 valence electrons. The Morgan fingerprint density at radius 1 is 1.32 bits per heavy atom. The quantitative estimate of drug-likeness (QED) is 0.904. The molecular formula is C14H24N2O2S. The Morgan fingerprint density at radius 2 is 2.05 bits per heavy atom. The molecule has 4 nitrogen and oxygen atoms in total. The minimum atomic E-state index is 0.102. The fraction of sp³-hybridized carbons (Fsp3) is 0.714. The average Bonchev–Trinajstić information content (AvgIpc) is 2.94. The van der Waals surface area contributed by atoms with E-state index in [0.717, 1.165) is 39.3 Å². The van der Waals surface area contributed by atoms with Crippen molar-refractivity contribution >= 4 is 16.3 Å². The summed E-state index contributed by atoms with van der Waals surface area (Å²) in [5.41, 5.74) is 7.06. The van der Waals surface area contributed by atoms with Crippen molar-refractivity contribution in [2.45, 2.75) is 26.4 Å². The van der Waals surface area contributed by atoms with Crippen LogP contribution in [0.5, 0.6) is 0 Å². The number of fused-ring (bicyclic) bond motifs is 1. The lowest BCUT2D eigenvalue weighted by molar-refractivity contribution is 0.0498. The van der Waals surface area contributed by atoms with Gasteiger partial charge in [-0.15, -0.1) is 11.3 Å². The van der Waals surface area contributed by atoms with Gasteiger partial charge in [0.1, 0.15) is 0 Å². The third-order valence-corrected chi connectivity index (χ3v) is 4.63. The number of nitrogens with zero attached hydrogens (tertiary/aromatic N) is 1. The van der Waals surface area contributed by atoms with Crippen LogP contribution in [0.4, 0.5) is 5.00 Å². The van der Waals surface area contributed by atoms with E-state index in [1.807, 2.05) is 25.2 Å². The predicted octanol–water partition coefficient (Wildman–Crippen LogP) is 2.18. The van der Waals surface area contributed by atoms with E-state index < -0.39 is 0 Å². The van der Waals surface area contributed by atoms with Crippen molar-refractivity contribution in [1.82, 2.24) is 0 Å². The van der Waals surface area contributed by atoms with Gasteiger partial charge in [0.25, 0.3) is 0 Å². The molecule has 2 aliphatic rings. The number of hydrogen-bond acceptors (Lipinski definition) is 5. The molecule has 19 heavy (non-hydrogen) atoms. The highest BCUT2D eigenvalue weighted by Crippen LogP contribution is 2.38. The fourth-order valence-corrected chi connectivity index (χ4v) is 3.66. The van der Waals surface area contributed by atoms with Gasteiger partial charge >= 0.3 is 0 Å². The number of thiophene rings is 1. The van der Waals surface area contributed by atoms with E-state index in [0.29, 0.717) is 6.54 Å². The SMILES string of the molecule is CC.NCC1OCCc2sc(N3CCOCC3)cc21. The first kappa shape index (κ1) is 14.8. The van der Waals surface area contributed by atoms with E-state index in [1.54, 1.807) is 0 Å². The van der Waals surface area contributed by atoms with Crippen molar-refractivity contribution in [3.8, 4) is 0 Å². The first-order valence-corrected chi connectivity index (χ1v) is 7.97. The molecule has 1 atom stereocenters. The van der Waals surface area contributed by atoms with Crippen LogP contribution in [0.3, 0.4) is 0 Å². The first-order chi connectivity index (χ1) is 9.38. The van der Waals surface area contributed by atoms with E-state index in [1.165, 1.54) is 15.4 Å². The Hall–Kier alpha value is -0.620. The molecule has 1 aromatic heterocycles. The highest BCUT2D eigenvalue weighted by molar-refractivity contribution is 7.16. The number of rotatable bonds is 2. The zero-order valence-electron chi connectivity index (χ0n) is 11.9. The summed E-state index contributed by atoms with van der Waals surface area (Å²) in [5.74, 6) is 0.